The van der Waals surface area contributed by atoms with Crippen LogP contribution < -0.4 is 5.32 Å². The number of carbonyl (C=O) groups is 2. The van der Waals surface area contributed by atoms with Crippen LogP contribution in [0.3, 0.4) is 0 Å². The lowest BCUT2D eigenvalue weighted by atomic mass is 10.1. The summed E-state index contributed by atoms with van der Waals surface area (Å²) in [5.74, 6) is -1.48. The van der Waals surface area contributed by atoms with E-state index < -0.39 is 24.0 Å². The number of carboxylic acid groups (broad SMARTS) is 1. The monoisotopic (exact) mass is 259 g/mol. The highest BCUT2D eigenvalue weighted by Crippen LogP contribution is 2.13. The number of hydrogen-bond acceptors (Lipinski definition) is 4. The van der Waals surface area contributed by atoms with Gasteiger partial charge in [-0.15, -0.1) is 0 Å². The van der Waals surface area contributed by atoms with E-state index in [4.69, 9.17) is 14.6 Å². The second kappa shape index (κ2) is 7.33. The number of carbonyl (C=O) groups excluding carboxylic acids is 1. The molecule has 0 bridgehead atoms. The molecular weight excluding hydrogens is 238 g/mol. The molecule has 1 fully saturated rings. The molecule has 1 aliphatic heterocycles. The van der Waals surface area contributed by atoms with Crippen LogP contribution in [0.5, 0.6) is 0 Å². The van der Waals surface area contributed by atoms with Crippen LogP contribution in [-0.4, -0.2) is 48.4 Å². The first kappa shape index (κ1) is 14.9. The van der Waals surface area contributed by atoms with Crippen molar-refractivity contribution in [3.63, 3.8) is 0 Å². The van der Waals surface area contributed by atoms with Gasteiger partial charge in [0.2, 0.25) is 5.91 Å². The standard InChI is InChI=1S/C12H21NO5/c1-8(12(15)16)13-11(14)9(2)18-7-10-5-3-4-6-17-10/h8-10H,3-7H2,1-2H3,(H,13,14)(H,15,16)/t8-,9?,10?/m1/s1. The Hall–Kier alpha value is -1.14. The second-order valence-corrected chi connectivity index (χ2v) is 4.53. The molecule has 0 aromatic heterocycles. The van der Waals surface area contributed by atoms with Gasteiger partial charge in [-0.1, -0.05) is 0 Å². The van der Waals surface area contributed by atoms with E-state index in [1.165, 1.54) is 6.92 Å². The molecule has 0 aliphatic carbocycles. The number of aliphatic carboxylic acids is 1. The van der Waals surface area contributed by atoms with Crippen molar-refractivity contribution in [2.45, 2.75) is 51.4 Å². The van der Waals surface area contributed by atoms with E-state index in [2.05, 4.69) is 5.32 Å². The molecule has 1 saturated heterocycles. The first-order valence-corrected chi connectivity index (χ1v) is 6.27. The van der Waals surface area contributed by atoms with Gasteiger partial charge in [0.1, 0.15) is 12.1 Å². The van der Waals surface area contributed by atoms with E-state index in [-0.39, 0.29) is 6.10 Å². The summed E-state index contributed by atoms with van der Waals surface area (Å²) in [7, 11) is 0. The maximum Gasteiger partial charge on any atom is 0.325 e. The van der Waals surface area contributed by atoms with Crippen molar-refractivity contribution in [1.29, 1.82) is 0 Å². The maximum atomic E-state index is 11.6. The second-order valence-electron chi connectivity index (χ2n) is 4.53. The zero-order chi connectivity index (χ0) is 13.5. The molecule has 104 valence electrons. The van der Waals surface area contributed by atoms with E-state index in [9.17, 15) is 9.59 Å². The van der Waals surface area contributed by atoms with Crippen molar-refractivity contribution in [2.24, 2.45) is 0 Å². The van der Waals surface area contributed by atoms with Gasteiger partial charge in [0.05, 0.1) is 12.7 Å². The van der Waals surface area contributed by atoms with Crippen molar-refractivity contribution in [3.05, 3.63) is 0 Å². The van der Waals surface area contributed by atoms with Gasteiger partial charge >= 0.3 is 5.97 Å². The van der Waals surface area contributed by atoms with Gasteiger partial charge in [0.15, 0.2) is 0 Å². The zero-order valence-corrected chi connectivity index (χ0v) is 10.8. The third-order valence-electron chi connectivity index (χ3n) is 2.90. The summed E-state index contributed by atoms with van der Waals surface area (Å²) in [6, 6.07) is -0.908. The Labute approximate surface area is 107 Å². The number of hydrogen-bond donors (Lipinski definition) is 2. The van der Waals surface area contributed by atoms with E-state index in [0.717, 1.165) is 25.9 Å². The molecule has 0 aromatic carbocycles. The number of ether oxygens (including phenoxy) is 2. The normalized spacial score (nSPS) is 23.1. The van der Waals surface area contributed by atoms with E-state index in [1.807, 2.05) is 0 Å². The fourth-order valence-corrected chi connectivity index (χ4v) is 1.66. The van der Waals surface area contributed by atoms with Crippen molar-refractivity contribution in [2.75, 3.05) is 13.2 Å². The highest BCUT2D eigenvalue weighted by molar-refractivity contribution is 5.85. The van der Waals surface area contributed by atoms with Crippen molar-refractivity contribution < 1.29 is 24.2 Å². The van der Waals surface area contributed by atoms with E-state index in [1.54, 1.807) is 6.92 Å². The molecule has 0 saturated carbocycles. The molecule has 0 aromatic rings. The number of rotatable bonds is 6. The van der Waals surface area contributed by atoms with Crippen molar-refractivity contribution >= 4 is 11.9 Å². The lowest BCUT2D eigenvalue weighted by molar-refractivity contribution is -0.144. The van der Waals surface area contributed by atoms with E-state index >= 15 is 0 Å². The quantitative estimate of drug-likeness (QED) is 0.727. The van der Waals surface area contributed by atoms with Crippen LogP contribution in [0.4, 0.5) is 0 Å². The van der Waals surface area contributed by atoms with E-state index in [0.29, 0.717) is 6.61 Å². The fraction of sp³-hybridized carbons (Fsp3) is 0.833. The van der Waals surface area contributed by atoms with Crippen LogP contribution in [0, 0.1) is 0 Å². The lowest BCUT2D eigenvalue weighted by Crippen LogP contribution is -2.44. The minimum atomic E-state index is -1.06. The predicted octanol–water partition coefficient (Wildman–Crippen LogP) is 0.550. The minimum absolute atomic E-state index is 0.0471. The summed E-state index contributed by atoms with van der Waals surface area (Å²) in [5.41, 5.74) is 0. The topological polar surface area (TPSA) is 84.9 Å². The Morgan fingerprint density at radius 1 is 1.44 bits per heavy atom. The largest absolute Gasteiger partial charge is 0.480 e. The molecule has 1 rings (SSSR count). The Balaban J connectivity index is 2.24. The molecule has 1 heterocycles. The van der Waals surface area contributed by atoms with Crippen LogP contribution in [-0.2, 0) is 19.1 Å². The smallest absolute Gasteiger partial charge is 0.325 e. The minimum Gasteiger partial charge on any atom is -0.480 e. The average molecular weight is 259 g/mol. The number of amides is 1. The van der Waals surface area contributed by atoms with Crippen LogP contribution >= 0.6 is 0 Å². The Kier molecular flexibility index (Phi) is 6.07. The van der Waals surface area contributed by atoms with Gasteiger partial charge in [-0.2, -0.15) is 0 Å². The Bertz CT molecular complexity index is 288. The highest BCUT2D eigenvalue weighted by atomic mass is 16.5. The van der Waals surface area contributed by atoms with Crippen molar-refractivity contribution in [1.82, 2.24) is 5.32 Å². The van der Waals surface area contributed by atoms with Gasteiger partial charge in [-0.05, 0) is 33.1 Å². The molecule has 2 N–H and O–H groups in total. The molecule has 3 atom stereocenters. The third-order valence-corrected chi connectivity index (χ3v) is 2.90. The summed E-state index contributed by atoms with van der Waals surface area (Å²) < 4.78 is 10.9. The maximum absolute atomic E-state index is 11.6. The van der Waals surface area contributed by atoms with Crippen molar-refractivity contribution in [3.8, 4) is 0 Å². The van der Waals surface area contributed by atoms with Crippen LogP contribution in [0.2, 0.25) is 0 Å². The summed E-state index contributed by atoms with van der Waals surface area (Å²) in [4.78, 5) is 22.2. The van der Waals surface area contributed by atoms with Gasteiger partial charge in [-0.25, -0.2) is 0 Å². The average Bonchev–Trinajstić information content (AvgIpc) is 2.36. The number of nitrogens with one attached hydrogen (secondary N) is 1. The summed E-state index contributed by atoms with van der Waals surface area (Å²) in [6.07, 6.45) is 2.51. The molecule has 0 radical (unpaired) electrons. The van der Waals surface area contributed by atoms with Crippen LogP contribution in [0.1, 0.15) is 33.1 Å². The first-order chi connectivity index (χ1) is 8.50. The van der Waals surface area contributed by atoms with Gasteiger partial charge in [-0.3, -0.25) is 9.59 Å². The number of carboxylic acids is 1. The van der Waals surface area contributed by atoms with Gasteiger partial charge in [0, 0.05) is 6.61 Å². The molecule has 18 heavy (non-hydrogen) atoms. The molecule has 0 spiro atoms. The van der Waals surface area contributed by atoms with Crippen LogP contribution in [0.15, 0.2) is 0 Å². The molecular formula is C12H21NO5. The molecule has 2 unspecified atom stereocenters. The lowest BCUT2D eigenvalue weighted by Gasteiger charge is -2.24. The summed E-state index contributed by atoms with van der Waals surface area (Å²) >= 11 is 0. The fourth-order valence-electron chi connectivity index (χ4n) is 1.66. The van der Waals surface area contributed by atoms with Gasteiger partial charge < -0.3 is 19.9 Å². The third kappa shape index (κ3) is 5.01. The van der Waals surface area contributed by atoms with Gasteiger partial charge in [0.25, 0.3) is 0 Å². The zero-order valence-electron chi connectivity index (χ0n) is 10.8. The Morgan fingerprint density at radius 2 is 2.17 bits per heavy atom. The summed E-state index contributed by atoms with van der Waals surface area (Å²) in [5, 5.41) is 11.0. The predicted molar refractivity (Wildman–Crippen MR) is 64.2 cm³/mol. The molecule has 1 amide bonds. The Morgan fingerprint density at radius 3 is 2.72 bits per heavy atom. The molecule has 6 heteroatoms. The SMILES string of the molecule is CC(OCC1CCCCO1)C(=O)N[C@H](C)C(=O)O. The summed E-state index contributed by atoms with van der Waals surface area (Å²) in [6.45, 7) is 4.13. The first-order valence-electron chi connectivity index (χ1n) is 6.27. The van der Waals surface area contributed by atoms with Crippen LogP contribution in [0.25, 0.3) is 0 Å². The molecule has 6 nitrogen and oxygen atoms in total. The molecule has 1 aliphatic rings. The highest BCUT2D eigenvalue weighted by Gasteiger charge is 2.21.